The van der Waals surface area contributed by atoms with Crippen LogP contribution in [0.1, 0.15) is 6.42 Å². The molecule has 0 aliphatic carbocycles. The Morgan fingerprint density at radius 3 is 3.08 bits per heavy atom. The maximum absolute atomic E-state index is 5.39. The van der Waals surface area contributed by atoms with E-state index in [0.717, 1.165) is 6.42 Å². The molecule has 0 saturated carbocycles. The smallest absolute Gasteiger partial charge is 0.234 e. The molecule has 1 rings (SSSR count). The summed E-state index contributed by atoms with van der Waals surface area (Å²) < 4.78 is 5.20. The van der Waals surface area contributed by atoms with Crippen LogP contribution in [0.3, 0.4) is 0 Å². The van der Waals surface area contributed by atoms with E-state index >= 15 is 0 Å². The van der Waals surface area contributed by atoms with Crippen LogP contribution in [0.15, 0.2) is 25.0 Å². The Labute approximate surface area is 71.1 Å². The molecule has 1 heterocycles. The van der Waals surface area contributed by atoms with E-state index in [9.17, 15) is 0 Å². The first-order valence-electron chi connectivity index (χ1n) is 3.64. The lowest BCUT2D eigenvalue weighted by atomic mass is 10.5. The Hall–Kier alpha value is -1.58. The van der Waals surface area contributed by atoms with Gasteiger partial charge in [0.2, 0.25) is 5.88 Å². The third-order valence-corrected chi connectivity index (χ3v) is 1.20. The molecule has 4 heteroatoms. The number of rotatable bonds is 4. The van der Waals surface area contributed by atoms with Gasteiger partial charge >= 0.3 is 0 Å². The van der Waals surface area contributed by atoms with E-state index in [1.807, 2.05) is 0 Å². The zero-order valence-electron chi connectivity index (χ0n) is 6.73. The highest BCUT2D eigenvalue weighted by atomic mass is 16.5. The van der Waals surface area contributed by atoms with Crippen LogP contribution in [0, 0.1) is 0 Å². The van der Waals surface area contributed by atoms with E-state index in [4.69, 9.17) is 10.5 Å². The van der Waals surface area contributed by atoms with Crippen molar-refractivity contribution in [3.8, 4) is 5.88 Å². The minimum Gasteiger partial charge on any atom is -0.476 e. The highest BCUT2D eigenvalue weighted by Crippen LogP contribution is 2.05. The maximum atomic E-state index is 5.39. The maximum Gasteiger partial charge on any atom is 0.234 e. The van der Waals surface area contributed by atoms with Gasteiger partial charge in [0, 0.05) is 0 Å². The summed E-state index contributed by atoms with van der Waals surface area (Å²) in [5.74, 6) is 0.822. The van der Waals surface area contributed by atoms with Gasteiger partial charge < -0.3 is 10.5 Å². The van der Waals surface area contributed by atoms with Gasteiger partial charge in [0.25, 0.3) is 0 Å². The average molecular weight is 165 g/mol. The summed E-state index contributed by atoms with van der Waals surface area (Å²) in [6.45, 7) is 4.13. The minimum absolute atomic E-state index is 0.367. The highest BCUT2D eigenvalue weighted by molar-refractivity contribution is 5.25. The van der Waals surface area contributed by atoms with E-state index in [2.05, 4.69) is 16.5 Å². The van der Waals surface area contributed by atoms with Crippen LogP contribution >= 0.6 is 0 Å². The van der Waals surface area contributed by atoms with Gasteiger partial charge in [-0.3, -0.25) is 4.98 Å². The number of ether oxygens (including phenoxy) is 1. The molecule has 0 aromatic carbocycles. The molecule has 0 aliphatic rings. The third-order valence-electron chi connectivity index (χ3n) is 1.20. The number of nitrogens with two attached hydrogens (primary N) is 1. The number of nitrogens with zero attached hydrogens (tertiary/aromatic N) is 2. The van der Waals surface area contributed by atoms with E-state index < -0.39 is 0 Å². The molecule has 1 aromatic heterocycles. The van der Waals surface area contributed by atoms with E-state index in [0.29, 0.717) is 18.3 Å². The van der Waals surface area contributed by atoms with Gasteiger partial charge in [-0.05, 0) is 6.42 Å². The van der Waals surface area contributed by atoms with Crippen molar-refractivity contribution in [3.63, 3.8) is 0 Å². The molecule has 64 valence electrons. The number of hydrogen-bond donors (Lipinski definition) is 1. The summed E-state index contributed by atoms with van der Waals surface area (Å²) in [6, 6.07) is 0. The molecule has 0 amide bonds. The molecule has 0 saturated heterocycles. The van der Waals surface area contributed by atoms with Crippen molar-refractivity contribution in [1.82, 2.24) is 9.97 Å². The quantitative estimate of drug-likeness (QED) is 0.534. The second-order valence-electron chi connectivity index (χ2n) is 2.21. The van der Waals surface area contributed by atoms with Crippen molar-refractivity contribution < 1.29 is 4.74 Å². The molecule has 0 atom stereocenters. The first-order chi connectivity index (χ1) is 5.83. The van der Waals surface area contributed by atoms with Crippen molar-refractivity contribution in [2.24, 2.45) is 0 Å². The van der Waals surface area contributed by atoms with Gasteiger partial charge in [0.05, 0.1) is 19.0 Å². The molecule has 12 heavy (non-hydrogen) atoms. The van der Waals surface area contributed by atoms with Crippen LogP contribution in [0.4, 0.5) is 5.82 Å². The van der Waals surface area contributed by atoms with E-state index in [1.54, 1.807) is 6.08 Å². The topological polar surface area (TPSA) is 61.0 Å². The van der Waals surface area contributed by atoms with Gasteiger partial charge in [-0.1, -0.05) is 6.08 Å². The summed E-state index contributed by atoms with van der Waals surface area (Å²) in [5, 5.41) is 0. The summed E-state index contributed by atoms with van der Waals surface area (Å²) >= 11 is 0. The van der Waals surface area contributed by atoms with Crippen molar-refractivity contribution in [2.45, 2.75) is 6.42 Å². The lowest BCUT2D eigenvalue weighted by molar-refractivity contribution is 0.311. The Bertz CT molecular complexity index is 262. The highest BCUT2D eigenvalue weighted by Gasteiger charge is 1.94. The van der Waals surface area contributed by atoms with Crippen LogP contribution in [-0.2, 0) is 0 Å². The zero-order chi connectivity index (χ0) is 8.81. The van der Waals surface area contributed by atoms with Crippen LogP contribution in [-0.4, -0.2) is 16.6 Å². The molecule has 2 N–H and O–H groups in total. The molecule has 0 radical (unpaired) electrons. The van der Waals surface area contributed by atoms with Gasteiger partial charge in [-0.15, -0.1) is 6.58 Å². The van der Waals surface area contributed by atoms with Crippen LogP contribution in [0.5, 0.6) is 5.88 Å². The standard InChI is InChI=1S/C8H11N3O/c1-2-3-4-12-8-6-10-5-7(9)11-8/h2,5-6H,1,3-4H2,(H2,9,11). The average Bonchev–Trinajstić information content (AvgIpc) is 2.05. The minimum atomic E-state index is 0.367. The zero-order valence-corrected chi connectivity index (χ0v) is 6.73. The summed E-state index contributed by atoms with van der Waals surface area (Å²) in [5.41, 5.74) is 5.39. The summed E-state index contributed by atoms with van der Waals surface area (Å²) in [6.07, 6.45) is 5.57. The predicted molar refractivity (Wildman–Crippen MR) is 46.8 cm³/mol. The first kappa shape index (κ1) is 8.52. The monoisotopic (exact) mass is 165 g/mol. The van der Waals surface area contributed by atoms with Gasteiger partial charge in [-0.25, -0.2) is 0 Å². The number of nitrogen functional groups attached to an aromatic ring is 1. The normalized spacial score (nSPS) is 9.33. The Morgan fingerprint density at radius 2 is 2.42 bits per heavy atom. The molecule has 0 unspecified atom stereocenters. The van der Waals surface area contributed by atoms with Crippen molar-refractivity contribution in [2.75, 3.05) is 12.3 Å². The number of aromatic nitrogens is 2. The molecule has 0 spiro atoms. The summed E-state index contributed by atoms with van der Waals surface area (Å²) in [4.78, 5) is 7.73. The van der Waals surface area contributed by atoms with Gasteiger partial charge in [0.1, 0.15) is 5.82 Å². The van der Waals surface area contributed by atoms with Crippen molar-refractivity contribution in [3.05, 3.63) is 25.0 Å². The molecule has 0 fully saturated rings. The van der Waals surface area contributed by atoms with Crippen LogP contribution < -0.4 is 10.5 Å². The molecule has 0 bridgehead atoms. The van der Waals surface area contributed by atoms with E-state index in [1.165, 1.54) is 12.4 Å². The van der Waals surface area contributed by atoms with Crippen LogP contribution in [0.25, 0.3) is 0 Å². The largest absolute Gasteiger partial charge is 0.476 e. The second-order valence-corrected chi connectivity index (χ2v) is 2.21. The first-order valence-corrected chi connectivity index (χ1v) is 3.64. The van der Waals surface area contributed by atoms with Gasteiger partial charge in [0.15, 0.2) is 0 Å². The molecular weight excluding hydrogens is 154 g/mol. The fourth-order valence-electron chi connectivity index (χ4n) is 0.679. The Balaban J connectivity index is 2.46. The second kappa shape index (κ2) is 4.33. The fourth-order valence-corrected chi connectivity index (χ4v) is 0.679. The lowest BCUT2D eigenvalue weighted by Gasteiger charge is -2.01. The number of hydrogen-bond acceptors (Lipinski definition) is 4. The predicted octanol–water partition coefficient (Wildman–Crippen LogP) is 1.01. The van der Waals surface area contributed by atoms with Crippen molar-refractivity contribution >= 4 is 5.82 Å². The molecule has 4 nitrogen and oxygen atoms in total. The summed E-state index contributed by atoms with van der Waals surface area (Å²) in [7, 11) is 0. The molecule has 1 aromatic rings. The fraction of sp³-hybridized carbons (Fsp3) is 0.250. The Morgan fingerprint density at radius 1 is 1.58 bits per heavy atom. The van der Waals surface area contributed by atoms with Crippen molar-refractivity contribution in [1.29, 1.82) is 0 Å². The van der Waals surface area contributed by atoms with Gasteiger partial charge in [-0.2, -0.15) is 4.98 Å². The number of anilines is 1. The van der Waals surface area contributed by atoms with E-state index in [-0.39, 0.29) is 0 Å². The SMILES string of the molecule is C=CCCOc1cncc(N)n1. The third kappa shape index (κ3) is 2.57. The van der Waals surface area contributed by atoms with Crippen LogP contribution in [0.2, 0.25) is 0 Å². The molecular formula is C8H11N3O. The Kier molecular flexibility index (Phi) is 3.07. The lowest BCUT2D eigenvalue weighted by Crippen LogP contribution is -2.00. The molecule has 0 aliphatic heterocycles.